The number of hydrogen-bond acceptors (Lipinski definition) is 3. The molecule has 1 aromatic heterocycles. The minimum Gasteiger partial charge on any atom is -0.474 e. The van der Waals surface area contributed by atoms with E-state index in [0.29, 0.717) is 12.0 Å². The number of rotatable bonds is 6. The van der Waals surface area contributed by atoms with E-state index in [-0.39, 0.29) is 6.10 Å². The van der Waals surface area contributed by atoms with Crippen LogP contribution in [-0.4, -0.2) is 17.1 Å². The minimum absolute atomic E-state index is 0.147. The van der Waals surface area contributed by atoms with Crippen LogP contribution in [0.15, 0.2) is 30.3 Å². The van der Waals surface area contributed by atoms with Gasteiger partial charge in [-0.1, -0.05) is 45.9 Å². The molecule has 0 amide bonds. The molecule has 1 atom stereocenters. The summed E-state index contributed by atoms with van der Waals surface area (Å²) in [6, 6.07) is 10.8. The monoisotopic (exact) mass is 286 g/mol. The number of benzene rings is 1. The third kappa shape index (κ3) is 4.18. The lowest BCUT2D eigenvalue weighted by atomic mass is 10.1. The van der Waals surface area contributed by atoms with Crippen LogP contribution in [0.25, 0.3) is 10.8 Å². The van der Waals surface area contributed by atoms with Gasteiger partial charge in [0.05, 0.1) is 11.8 Å². The van der Waals surface area contributed by atoms with E-state index in [4.69, 9.17) is 9.72 Å². The largest absolute Gasteiger partial charge is 0.474 e. The lowest BCUT2D eigenvalue weighted by Gasteiger charge is -2.19. The van der Waals surface area contributed by atoms with Gasteiger partial charge in [-0.15, -0.1) is 0 Å². The summed E-state index contributed by atoms with van der Waals surface area (Å²) < 4.78 is 6.10. The molecule has 114 valence electrons. The fraction of sp³-hybridized carbons (Fsp3) is 0.500. The fourth-order valence-corrected chi connectivity index (χ4v) is 2.02. The Labute approximate surface area is 127 Å². The molecule has 0 spiro atoms. The predicted molar refractivity (Wildman–Crippen MR) is 88.6 cm³/mol. The maximum Gasteiger partial charge on any atom is 0.221 e. The normalized spacial score (nSPS) is 13.1. The van der Waals surface area contributed by atoms with Crippen molar-refractivity contribution in [1.82, 2.24) is 10.3 Å². The molecule has 0 aliphatic rings. The van der Waals surface area contributed by atoms with Gasteiger partial charge < -0.3 is 10.1 Å². The van der Waals surface area contributed by atoms with Crippen LogP contribution in [0.4, 0.5) is 0 Å². The molecule has 2 rings (SSSR count). The highest BCUT2D eigenvalue weighted by Gasteiger charge is 2.13. The zero-order valence-electron chi connectivity index (χ0n) is 13.7. The van der Waals surface area contributed by atoms with Crippen LogP contribution in [0, 0.1) is 5.92 Å². The zero-order valence-corrected chi connectivity index (χ0v) is 13.7. The van der Waals surface area contributed by atoms with Crippen LogP contribution in [0.2, 0.25) is 0 Å². The van der Waals surface area contributed by atoms with Gasteiger partial charge in [0.2, 0.25) is 5.88 Å². The minimum atomic E-state index is 0.147. The SMILES string of the molecule is CC(C)NCc1cc2ccccc2c(OC(C)C(C)C)n1. The van der Waals surface area contributed by atoms with Gasteiger partial charge in [0, 0.05) is 18.0 Å². The Kier molecular flexibility index (Phi) is 5.18. The lowest BCUT2D eigenvalue weighted by molar-refractivity contribution is 0.165. The van der Waals surface area contributed by atoms with Crippen LogP contribution in [0.1, 0.15) is 40.3 Å². The maximum absolute atomic E-state index is 6.10. The number of hydrogen-bond donors (Lipinski definition) is 1. The molecule has 1 N–H and O–H groups in total. The van der Waals surface area contributed by atoms with E-state index in [1.54, 1.807) is 0 Å². The van der Waals surface area contributed by atoms with E-state index < -0.39 is 0 Å². The first-order chi connectivity index (χ1) is 9.97. The van der Waals surface area contributed by atoms with Crippen molar-refractivity contribution in [2.45, 2.75) is 53.3 Å². The Balaban J connectivity index is 2.35. The summed E-state index contributed by atoms with van der Waals surface area (Å²) in [4.78, 5) is 4.71. The second-order valence-electron chi connectivity index (χ2n) is 6.24. The molecule has 0 aliphatic carbocycles. The summed E-state index contributed by atoms with van der Waals surface area (Å²) in [5, 5.41) is 5.67. The summed E-state index contributed by atoms with van der Waals surface area (Å²) >= 11 is 0. The molecule has 0 aliphatic heterocycles. The molecule has 2 aromatic rings. The maximum atomic E-state index is 6.10. The molecule has 21 heavy (non-hydrogen) atoms. The highest BCUT2D eigenvalue weighted by molar-refractivity contribution is 5.87. The Morgan fingerprint density at radius 3 is 2.48 bits per heavy atom. The Bertz CT molecular complexity index is 593. The number of aromatic nitrogens is 1. The molecule has 0 saturated heterocycles. The Hall–Kier alpha value is -1.61. The Morgan fingerprint density at radius 1 is 1.10 bits per heavy atom. The van der Waals surface area contributed by atoms with Crippen molar-refractivity contribution < 1.29 is 4.74 Å². The number of nitrogens with zero attached hydrogens (tertiary/aromatic N) is 1. The van der Waals surface area contributed by atoms with E-state index in [1.165, 1.54) is 5.39 Å². The summed E-state index contributed by atoms with van der Waals surface area (Å²) in [5.74, 6) is 1.21. The van der Waals surface area contributed by atoms with Crippen molar-refractivity contribution in [2.75, 3.05) is 0 Å². The lowest BCUT2D eigenvalue weighted by Crippen LogP contribution is -2.23. The van der Waals surface area contributed by atoms with Crippen LogP contribution in [0.3, 0.4) is 0 Å². The van der Waals surface area contributed by atoms with Crippen molar-refractivity contribution in [1.29, 1.82) is 0 Å². The second kappa shape index (κ2) is 6.90. The van der Waals surface area contributed by atoms with E-state index in [0.717, 1.165) is 23.5 Å². The topological polar surface area (TPSA) is 34.1 Å². The first-order valence-corrected chi connectivity index (χ1v) is 7.76. The summed E-state index contributed by atoms with van der Waals surface area (Å²) in [5.41, 5.74) is 1.02. The molecular formula is C18H26N2O. The van der Waals surface area contributed by atoms with Crippen LogP contribution >= 0.6 is 0 Å². The molecule has 3 nitrogen and oxygen atoms in total. The quantitative estimate of drug-likeness (QED) is 0.866. The van der Waals surface area contributed by atoms with E-state index in [1.807, 2.05) is 6.07 Å². The van der Waals surface area contributed by atoms with Crippen molar-refractivity contribution in [3.8, 4) is 5.88 Å². The van der Waals surface area contributed by atoms with Gasteiger partial charge in [-0.2, -0.15) is 0 Å². The molecule has 0 fully saturated rings. The molecule has 0 radical (unpaired) electrons. The zero-order chi connectivity index (χ0) is 15.4. The van der Waals surface area contributed by atoms with Crippen molar-refractivity contribution in [3.05, 3.63) is 36.0 Å². The molecule has 0 bridgehead atoms. The number of nitrogens with one attached hydrogen (secondary N) is 1. The van der Waals surface area contributed by atoms with Crippen molar-refractivity contribution in [2.24, 2.45) is 5.92 Å². The molecule has 3 heteroatoms. The first kappa shape index (κ1) is 15.8. The Morgan fingerprint density at radius 2 is 1.81 bits per heavy atom. The van der Waals surface area contributed by atoms with E-state index in [2.05, 4.69) is 64.2 Å². The average Bonchev–Trinajstić information content (AvgIpc) is 2.45. The van der Waals surface area contributed by atoms with E-state index >= 15 is 0 Å². The van der Waals surface area contributed by atoms with Crippen LogP contribution in [0.5, 0.6) is 5.88 Å². The molecular weight excluding hydrogens is 260 g/mol. The summed E-state index contributed by atoms with van der Waals surface area (Å²) in [6.45, 7) is 11.5. The number of ether oxygens (including phenoxy) is 1. The van der Waals surface area contributed by atoms with Crippen molar-refractivity contribution in [3.63, 3.8) is 0 Å². The van der Waals surface area contributed by atoms with Gasteiger partial charge in [-0.3, -0.25) is 0 Å². The van der Waals surface area contributed by atoms with Crippen LogP contribution < -0.4 is 10.1 Å². The van der Waals surface area contributed by atoms with Gasteiger partial charge in [0.15, 0.2) is 0 Å². The third-order valence-corrected chi connectivity index (χ3v) is 3.69. The number of pyridine rings is 1. The van der Waals surface area contributed by atoms with Gasteiger partial charge in [0.1, 0.15) is 0 Å². The molecule has 1 aromatic carbocycles. The summed E-state index contributed by atoms with van der Waals surface area (Å²) in [7, 11) is 0. The predicted octanol–water partition coefficient (Wildman–Crippen LogP) is 4.16. The molecule has 1 heterocycles. The van der Waals surface area contributed by atoms with Gasteiger partial charge >= 0.3 is 0 Å². The standard InChI is InChI=1S/C18H26N2O/c1-12(2)14(5)21-18-17-9-7-6-8-15(17)10-16(20-18)11-19-13(3)4/h6-10,12-14,19H,11H2,1-5H3. The van der Waals surface area contributed by atoms with Gasteiger partial charge in [-0.25, -0.2) is 4.98 Å². The average molecular weight is 286 g/mol. The highest BCUT2D eigenvalue weighted by Crippen LogP contribution is 2.26. The van der Waals surface area contributed by atoms with Crippen LogP contribution in [-0.2, 0) is 6.54 Å². The summed E-state index contributed by atoms with van der Waals surface area (Å²) in [6.07, 6.45) is 0.147. The molecule has 1 unspecified atom stereocenters. The first-order valence-electron chi connectivity index (χ1n) is 7.76. The van der Waals surface area contributed by atoms with E-state index in [9.17, 15) is 0 Å². The van der Waals surface area contributed by atoms with Gasteiger partial charge in [-0.05, 0) is 30.4 Å². The fourth-order valence-electron chi connectivity index (χ4n) is 2.02. The smallest absolute Gasteiger partial charge is 0.221 e. The third-order valence-electron chi connectivity index (χ3n) is 3.69. The van der Waals surface area contributed by atoms with Gasteiger partial charge in [0.25, 0.3) is 0 Å². The number of fused-ring (bicyclic) bond motifs is 1. The second-order valence-corrected chi connectivity index (χ2v) is 6.24. The highest BCUT2D eigenvalue weighted by atomic mass is 16.5. The van der Waals surface area contributed by atoms with Crippen molar-refractivity contribution >= 4 is 10.8 Å². The molecule has 0 saturated carbocycles.